The summed E-state index contributed by atoms with van der Waals surface area (Å²) in [5.41, 5.74) is 4.58. The number of nitrogens with one attached hydrogen (secondary N) is 3. The molecule has 0 spiro atoms. The zero-order valence-corrected chi connectivity index (χ0v) is 39.3. The van der Waals surface area contributed by atoms with Crippen molar-refractivity contribution in [2.24, 2.45) is 0 Å². The zero-order valence-electron chi connectivity index (χ0n) is 37.7. The average Bonchev–Trinajstić information content (AvgIpc) is 3.68. The quantitative estimate of drug-likeness (QED) is 0.0470. The van der Waals surface area contributed by atoms with Gasteiger partial charge in [0, 0.05) is 102 Å². The summed E-state index contributed by atoms with van der Waals surface area (Å²) >= 11 is 6.50. The van der Waals surface area contributed by atoms with Crippen LogP contribution in [0, 0.1) is 11.8 Å². The Labute approximate surface area is 391 Å². The van der Waals surface area contributed by atoms with Crippen molar-refractivity contribution in [2.75, 3.05) is 82.7 Å². The summed E-state index contributed by atoms with van der Waals surface area (Å²) in [6.45, 7) is 7.72. The number of methoxy groups -OCH3 is 1. The lowest BCUT2D eigenvalue weighted by Gasteiger charge is -2.43. The van der Waals surface area contributed by atoms with Crippen molar-refractivity contribution in [3.63, 3.8) is 0 Å². The monoisotopic (exact) mass is 937 g/mol. The van der Waals surface area contributed by atoms with E-state index >= 15 is 0 Å². The van der Waals surface area contributed by atoms with Crippen LogP contribution in [0.1, 0.15) is 72.9 Å². The molecule has 4 aromatic rings. The third-order valence-electron chi connectivity index (χ3n) is 12.9. The highest BCUT2D eigenvalue weighted by Crippen LogP contribution is 2.47. The van der Waals surface area contributed by atoms with Gasteiger partial charge in [0.25, 0.3) is 5.91 Å². The van der Waals surface area contributed by atoms with Gasteiger partial charge in [0.2, 0.25) is 17.8 Å². The summed E-state index contributed by atoms with van der Waals surface area (Å²) in [5, 5.41) is 9.42. The molecule has 1 atom stereocenters. The minimum Gasteiger partial charge on any atom is -0.494 e. The second kappa shape index (κ2) is 21.4. The van der Waals surface area contributed by atoms with E-state index in [1.165, 1.54) is 20.4 Å². The van der Waals surface area contributed by atoms with E-state index < -0.39 is 19.5 Å². The predicted molar refractivity (Wildman–Crippen MR) is 255 cm³/mol. The van der Waals surface area contributed by atoms with Crippen molar-refractivity contribution >= 4 is 71.1 Å². The molecule has 0 radical (unpaired) electrons. The molecule has 18 heteroatoms. The van der Waals surface area contributed by atoms with Crippen LogP contribution in [0.15, 0.2) is 66.9 Å². The first-order chi connectivity index (χ1) is 32.1. The van der Waals surface area contributed by atoms with E-state index in [2.05, 4.69) is 58.5 Å². The maximum atomic E-state index is 13.2. The van der Waals surface area contributed by atoms with Crippen LogP contribution in [0.25, 0.3) is 0 Å². The molecule has 4 aliphatic heterocycles. The number of unbranched alkanes of at least 4 members (excludes halogenated alkanes) is 3. The van der Waals surface area contributed by atoms with Crippen LogP contribution in [-0.2, 0) is 29.7 Å². The first kappa shape index (κ1) is 47.0. The first-order valence-electron chi connectivity index (χ1n) is 22.6. The highest BCUT2D eigenvalue weighted by Gasteiger charge is 2.40. The number of aromatic nitrogens is 2. The third kappa shape index (κ3) is 10.7. The number of rotatable bonds is 16. The fourth-order valence-corrected chi connectivity index (χ4v) is 10.6. The Bertz CT molecular complexity index is 2530. The van der Waals surface area contributed by atoms with E-state index in [1.54, 1.807) is 42.3 Å². The number of carbonyl (C=O) groups is 3. The fourth-order valence-electron chi connectivity index (χ4n) is 9.26. The minimum absolute atomic E-state index is 0.173. The molecule has 3 saturated heterocycles. The predicted octanol–water partition coefficient (Wildman–Crippen LogP) is 6.70. The second-order valence-electron chi connectivity index (χ2n) is 16.8. The van der Waals surface area contributed by atoms with Crippen LogP contribution in [0.3, 0.4) is 0 Å². The number of halogens is 1. The van der Waals surface area contributed by atoms with Crippen LogP contribution in [0.5, 0.6) is 5.75 Å². The molecule has 5 heterocycles. The zero-order chi connectivity index (χ0) is 46.2. The number of amides is 3. The number of nitrogens with zero attached hydrogens (tertiary/aromatic N) is 6. The number of fused-ring (bicyclic) bond motifs is 1. The van der Waals surface area contributed by atoms with Crippen LogP contribution in [-0.4, -0.2) is 122 Å². The number of ether oxygens (including phenoxy) is 1. The lowest BCUT2D eigenvalue weighted by molar-refractivity contribution is -0.136. The normalized spacial score (nSPS) is 18.4. The van der Waals surface area contributed by atoms with Crippen molar-refractivity contribution in [3.8, 4) is 17.6 Å². The Kier molecular flexibility index (Phi) is 15.2. The van der Waals surface area contributed by atoms with Crippen molar-refractivity contribution in [3.05, 3.63) is 88.6 Å². The number of hydrogen-bond acceptors (Lipinski definition) is 14. The highest BCUT2D eigenvalue weighted by molar-refractivity contribution is 7.62. The molecule has 0 saturated carbocycles. The molecule has 348 valence electrons. The average molecular weight is 938 g/mol. The maximum Gasteiger partial charge on any atom is 0.362 e. The van der Waals surface area contributed by atoms with Gasteiger partial charge in [0.05, 0.1) is 30.0 Å². The summed E-state index contributed by atoms with van der Waals surface area (Å²) in [6, 6.07) is 18.6. The molecular weight excluding hydrogens is 881 g/mol. The number of piperidine rings is 2. The van der Waals surface area contributed by atoms with Crippen LogP contribution >= 0.6 is 19.2 Å². The Morgan fingerprint density at radius 3 is 2.42 bits per heavy atom. The molecule has 4 aliphatic rings. The number of imide groups is 1. The van der Waals surface area contributed by atoms with Crippen molar-refractivity contribution in [1.29, 1.82) is 0 Å². The van der Waals surface area contributed by atoms with E-state index in [1.807, 2.05) is 24.3 Å². The summed E-state index contributed by atoms with van der Waals surface area (Å²) in [5.74, 6) is 7.03. The van der Waals surface area contributed by atoms with Gasteiger partial charge in [0.1, 0.15) is 16.8 Å². The van der Waals surface area contributed by atoms with E-state index in [-0.39, 0.29) is 23.3 Å². The summed E-state index contributed by atoms with van der Waals surface area (Å²) in [6.07, 6.45) is 8.36. The topological polar surface area (TPSA) is 171 Å². The maximum absolute atomic E-state index is 13.2. The molecule has 3 aromatic carbocycles. The number of piperazine rings is 1. The second-order valence-corrected chi connectivity index (χ2v) is 19.5. The fraction of sp³-hybridized carbons (Fsp3) is 0.438. The molecule has 66 heavy (non-hydrogen) atoms. The van der Waals surface area contributed by atoms with Gasteiger partial charge in [-0.25, -0.2) is 4.98 Å². The van der Waals surface area contributed by atoms with Gasteiger partial charge < -0.3 is 39.1 Å². The van der Waals surface area contributed by atoms with Crippen molar-refractivity contribution in [1.82, 2.24) is 30.0 Å². The van der Waals surface area contributed by atoms with Gasteiger partial charge in [-0.15, -0.1) is 0 Å². The number of carbonyl (C=O) groups excluding carboxylic acids is 3. The lowest BCUT2D eigenvalue weighted by Crippen LogP contribution is -2.53. The van der Waals surface area contributed by atoms with Gasteiger partial charge in [-0.2, -0.15) is 4.98 Å². The smallest absolute Gasteiger partial charge is 0.362 e. The molecule has 8 rings (SSSR count). The van der Waals surface area contributed by atoms with Gasteiger partial charge in [-0.3, -0.25) is 29.2 Å². The lowest BCUT2D eigenvalue weighted by atomic mass is 10.0. The van der Waals surface area contributed by atoms with Crippen LogP contribution < -0.4 is 30.9 Å². The Morgan fingerprint density at radius 1 is 0.879 bits per heavy atom. The highest BCUT2D eigenvalue weighted by atomic mass is 35.5. The van der Waals surface area contributed by atoms with E-state index in [0.717, 1.165) is 101 Å². The SMILES string of the molecule is COc1cc(N2CCC(N3CCN(CCCCCC#Cc4cccc5c4CN(C4CCC(=O)NC4=O)C5=O)CC3)CC2)ccc1Nc1ncc(Cl)c(Nc2ccccc2P(=O)(OC)OC)n1. The number of hydrogen-bond donors (Lipinski definition) is 3. The summed E-state index contributed by atoms with van der Waals surface area (Å²) in [7, 11) is 0.762. The number of para-hydroxylation sites is 1. The molecular formula is C48H57ClN9O7P. The largest absolute Gasteiger partial charge is 0.494 e. The van der Waals surface area contributed by atoms with Gasteiger partial charge in [0.15, 0.2) is 5.82 Å². The van der Waals surface area contributed by atoms with Gasteiger partial charge in [-0.05, 0) is 80.6 Å². The molecule has 16 nitrogen and oxygen atoms in total. The standard InChI is InChI=1S/C48H57ClN9O7P/c1-63-42-30-35(17-18-39(42)52-48-50-31-38(49)45(54-48)51-40-15-8-9-16-43(40)66(62,64-2)65-3)56-24-21-34(22-25-56)57-28-26-55(27-29-57)23-10-6-4-5-7-12-33-13-11-14-36-37(33)32-58(47(36)61)41-19-20-44(59)53-46(41)60/h8-9,11,13-18,30-31,34,41H,4-6,10,19-29,32H2,1-3H3,(H,53,59,60)(H2,50,51,52,54). The number of anilines is 5. The van der Waals surface area contributed by atoms with E-state index in [9.17, 15) is 18.9 Å². The van der Waals surface area contributed by atoms with Gasteiger partial charge >= 0.3 is 7.60 Å². The van der Waals surface area contributed by atoms with E-state index in [0.29, 0.717) is 58.8 Å². The molecule has 1 unspecified atom stereocenters. The summed E-state index contributed by atoms with van der Waals surface area (Å²) in [4.78, 5) is 55.5. The van der Waals surface area contributed by atoms with Gasteiger partial charge in [-0.1, -0.05) is 48.1 Å². The summed E-state index contributed by atoms with van der Waals surface area (Å²) < 4.78 is 29.5. The van der Waals surface area contributed by atoms with E-state index in [4.69, 9.17) is 25.4 Å². The Morgan fingerprint density at radius 2 is 1.67 bits per heavy atom. The third-order valence-corrected chi connectivity index (χ3v) is 15.2. The minimum atomic E-state index is -3.56. The van der Waals surface area contributed by atoms with Crippen LogP contribution in [0.2, 0.25) is 5.02 Å². The Hall–Kier alpha value is -5.53. The molecule has 0 bridgehead atoms. The number of benzene rings is 3. The Balaban J connectivity index is 0.753. The molecule has 0 aliphatic carbocycles. The molecule has 1 aromatic heterocycles. The molecule has 3 fully saturated rings. The van der Waals surface area contributed by atoms with Crippen molar-refractivity contribution in [2.45, 2.75) is 70.0 Å². The van der Waals surface area contributed by atoms with Crippen molar-refractivity contribution < 1.29 is 32.7 Å². The molecule has 3 amide bonds. The first-order valence-corrected chi connectivity index (χ1v) is 24.5. The van der Waals surface area contributed by atoms with Crippen LogP contribution in [0.4, 0.5) is 28.8 Å². The molecule has 3 N–H and O–H groups in total.